The van der Waals surface area contributed by atoms with Gasteiger partial charge in [-0.05, 0) is 107 Å². The van der Waals surface area contributed by atoms with E-state index in [1.807, 2.05) is 30.3 Å². The highest BCUT2D eigenvalue weighted by atomic mass is 79.9. The maximum absolute atomic E-state index is 3.53. The first-order valence-electron chi connectivity index (χ1n) is 17.3. The zero-order valence-corrected chi connectivity index (χ0v) is 33.3. The predicted molar refractivity (Wildman–Crippen MR) is 237 cm³/mol. The first kappa shape index (κ1) is 34.9. The summed E-state index contributed by atoms with van der Waals surface area (Å²) >= 11 is 10.2. The Labute approximate surface area is 334 Å². The maximum Gasteiger partial charge on any atom is 0.0541 e. The standard InChI is InChI=1S/C24H16BrN.C18H13N.C6H4Br2/c25-19-11-13-20(14-12-19)26-23-9-5-4-8-21(23)22-16-18(10-15-24(22)26)17-6-2-1-3-7-17;1-2-6-13(7-3-1)14-10-11-18-16(12-14)15-8-4-5-9-17(15)19-18;7-5-1-2-6(8)4-3-5/h1-16H;1-12,19H;1-4H. The van der Waals surface area contributed by atoms with E-state index in [9.17, 15) is 0 Å². The molecule has 0 saturated heterocycles. The minimum absolute atomic E-state index is 1.09. The molecular weight excluding hydrogens is 844 g/mol. The summed E-state index contributed by atoms with van der Waals surface area (Å²) in [5.41, 5.74) is 11.0. The number of hydrogen-bond acceptors (Lipinski definition) is 0. The molecule has 5 heteroatoms. The molecule has 256 valence electrons. The van der Waals surface area contributed by atoms with Crippen LogP contribution in [0.2, 0.25) is 0 Å². The van der Waals surface area contributed by atoms with Crippen molar-refractivity contribution in [2.45, 2.75) is 0 Å². The molecule has 0 amide bonds. The largest absolute Gasteiger partial charge is 0.355 e. The number of nitrogens with one attached hydrogen (secondary N) is 1. The second-order valence-corrected chi connectivity index (χ2v) is 15.4. The molecule has 2 aromatic heterocycles. The maximum atomic E-state index is 3.53. The van der Waals surface area contributed by atoms with Crippen LogP contribution < -0.4 is 0 Å². The van der Waals surface area contributed by atoms with Crippen molar-refractivity contribution in [2.75, 3.05) is 0 Å². The van der Waals surface area contributed by atoms with Crippen molar-refractivity contribution in [3.05, 3.63) is 208 Å². The highest BCUT2D eigenvalue weighted by Gasteiger charge is 2.13. The summed E-state index contributed by atoms with van der Waals surface area (Å²) in [6.45, 7) is 0. The number of H-pyrrole nitrogens is 1. The molecule has 0 bridgehead atoms. The molecule has 0 radical (unpaired) electrons. The Kier molecular flexibility index (Phi) is 10.4. The molecule has 10 rings (SSSR count). The van der Waals surface area contributed by atoms with Crippen LogP contribution in [0.1, 0.15) is 0 Å². The Hall–Kier alpha value is -5.20. The van der Waals surface area contributed by atoms with Crippen molar-refractivity contribution in [3.8, 4) is 27.9 Å². The average Bonchev–Trinajstić information content (AvgIpc) is 3.76. The molecule has 0 aliphatic rings. The Morgan fingerprint density at radius 2 is 0.774 bits per heavy atom. The molecule has 0 saturated carbocycles. The van der Waals surface area contributed by atoms with Crippen LogP contribution in [-0.2, 0) is 0 Å². The zero-order valence-electron chi connectivity index (χ0n) is 28.6. The van der Waals surface area contributed by atoms with E-state index >= 15 is 0 Å². The van der Waals surface area contributed by atoms with Gasteiger partial charge < -0.3 is 9.55 Å². The van der Waals surface area contributed by atoms with E-state index in [1.165, 1.54) is 71.6 Å². The minimum Gasteiger partial charge on any atom is -0.355 e. The van der Waals surface area contributed by atoms with Gasteiger partial charge in [0.05, 0.1) is 11.0 Å². The fourth-order valence-electron chi connectivity index (χ4n) is 6.74. The van der Waals surface area contributed by atoms with Crippen molar-refractivity contribution in [1.29, 1.82) is 0 Å². The molecule has 0 aliphatic heterocycles. The van der Waals surface area contributed by atoms with Gasteiger partial charge in [0.15, 0.2) is 0 Å². The lowest BCUT2D eigenvalue weighted by Crippen LogP contribution is -1.93. The lowest BCUT2D eigenvalue weighted by atomic mass is 10.0. The molecule has 0 atom stereocenters. The van der Waals surface area contributed by atoms with Gasteiger partial charge in [-0.2, -0.15) is 0 Å². The molecule has 53 heavy (non-hydrogen) atoms. The summed E-state index contributed by atoms with van der Waals surface area (Å²) in [5, 5.41) is 5.14. The third kappa shape index (κ3) is 7.65. The molecule has 1 N–H and O–H groups in total. The third-order valence-corrected chi connectivity index (χ3v) is 10.9. The molecule has 0 spiro atoms. The fraction of sp³-hybridized carbons (Fsp3) is 0. The van der Waals surface area contributed by atoms with Crippen LogP contribution in [0.5, 0.6) is 0 Å². The van der Waals surface area contributed by atoms with E-state index < -0.39 is 0 Å². The monoisotopic (exact) mass is 874 g/mol. The lowest BCUT2D eigenvalue weighted by molar-refractivity contribution is 1.18. The van der Waals surface area contributed by atoms with Gasteiger partial charge in [-0.3, -0.25) is 0 Å². The van der Waals surface area contributed by atoms with E-state index in [0.29, 0.717) is 0 Å². The summed E-state index contributed by atoms with van der Waals surface area (Å²) < 4.78 is 5.65. The Balaban J connectivity index is 0.000000129. The zero-order chi connectivity index (χ0) is 36.1. The number of fused-ring (bicyclic) bond motifs is 6. The van der Waals surface area contributed by atoms with E-state index in [-0.39, 0.29) is 0 Å². The third-order valence-electron chi connectivity index (χ3n) is 9.28. The van der Waals surface area contributed by atoms with Crippen molar-refractivity contribution >= 4 is 91.4 Å². The number of nitrogens with zero attached hydrogens (tertiary/aromatic N) is 1. The first-order valence-corrected chi connectivity index (χ1v) is 19.7. The Morgan fingerprint density at radius 3 is 1.40 bits per heavy atom. The van der Waals surface area contributed by atoms with Crippen LogP contribution in [0.15, 0.2) is 208 Å². The van der Waals surface area contributed by atoms with Crippen LogP contribution in [0.4, 0.5) is 0 Å². The van der Waals surface area contributed by atoms with E-state index in [4.69, 9.17) is 0 Å². The number of rotatable bonds is 3. The number of hydrogen-bond donors (Lipinski definition) is 1. The highest BCUT2D eigenvalue weighted by Crippen LogP contribution is 2.35. The topological polar surface area (TPSA) is 20.7 Å². The second kappa shape index (κ2) is 15.8. The number of benzene rings is 8. The summed E-state index contributed by atoms with van der Waals surface area (Å²) in [5.74, 6) is 0. The number of aromatic nitrogens is 2. The van der Waals surface area contributed by atoms with Gasteiger partial charge in [-0.25, -0.2) is 0 Å². The van der Waals surface area contributed by atoms with Crippen LogP contribution in [-0.4, -0.2) is 9.55 Å². The van der Waals surface area contributed by atoms with E-state index in [2.05, 4.69) is 221 Å². The van der Waals surface area contributed by atoms with Crippen molar-refractivity contribution in [3.63, 3.8) is 0 Å². The number of halogens is 3. The Morgan fingerprint density at radius 1 is 0.321 bits per heavy atom. The molecule has 2 heterocycles. The molecule has 0 unspecified atom stereocenters. The van der Waals surface area contributed by atoms with Crippen LogP contribution in [0.25, 0.3) is 71.6 Å². The normalized spacial score (nSPS) is 10.9. The lowest BCUT2D eigenvalue weighted by Gasteiger charge is -2.08. The van der Waals surface area contributed by atoms with Crippen LogP contribution in [0.3, 0.4) is 0 Å². The molecule has 0 aliphatic carbocycles. The molecule has 0 fully saturated rings. The fourth-order valence-corrected chi connectivity index (χ4v) is 7.53. The highest BCUT2D eigenvalue weighted by molar-refractivity contribution is 9.11. The summed E-state index contributed by atoms with van der Waals surface area (Å²) in [6, 6.07) is 67.9. The van der Waals surface area contributed by atoms with E-state index in [1.54, 1.807) is 0 Å². The second-order valence-electron chi connectivity index (χ2n) is 12.7. The quantitative estimate of drug-likeness (QED) is 0.183. The average molecular weight is 878 g/mol. The molecular formula is C48H33Br3N2. The van der Waals surface area contributed by atoms with Gasteiger partial charge in [0.25, 0.3) is 0 Å². The van der Waals surface area contributed by atoms with Crippen molar-refractivity contribution < 1.29 is 0 Å². The predicted octanol–water partition coefficient (Wildman–Crippen LogP) is 15.4. The summed E-state index contributed by atoms with van der Waals surface area (Å²) in [6.07, 6.45) is 0. The Bertz CT molecular complexity index is 2760. The van der Waals surface area contributed by atoms with Crippen LogP contribution >= 0.6 is 47.8 Å². The van der Waals surface area contributed by atoms with E-state index in [0.717, 1.165) is 13.4 Å². The minimum atomic E-state index is 1.09. The van der Waals surface area contributed by atoms with Crippen molar-refractivity contribution in [1.82, 2.24) is 9.55 Å². The molecule has 10 aromatic rings. The van der Waals surface area contributed by atoms with Gasteiger partial charge >= 0.3 is 0 Å². The molecule has 8 aromatic carbocycles. The molecule has 2 nitrogen and oxygen atoms in total. The number of aromatic amines is 1. The number of para-hydroxylation sites is 2. The van der Waals surface area contributed by atoms with Crippen molar-refractivity contribution in [2.24, 2.45) is 0 Å². The van der Waals surface area contributed by atoms with Gasteiger partial charge in [0.1, 0.15) is 0 Å². The van der Waals surface area contributed by atoms with Gasteiger partial charge in [0.2, 0.25) is 0 Å². The van der Waals surface area contributed by atoms with Gasteiger partial charge in [-0.15, -0.1) is 0 Å². The van der Waals surface area contributed by atoms with Gasteiger partial charge in [0, 0.05) is 51.7 Å². The summed E-state index contributed by atoms with van der Waals surface area (Å²) in [7, 11) is 0. The SMILES string of the molecule is Brc1ccc(-n2c3ccccc3c3cc(-c4ccccc4)ccc32)cc1.Brc1ccc(Br)cc1.c1ccc(-c2ccc3[nH]c4ccccc4c3c2)cc1. The van der Waals surface area contributed by atoms with Crippen LogP contribution in [0, 0.1) is 0 Å². The first-order chi connectivity index (χ1) is 26.0. The summed E-state index contributed by atoms with van der Waals surface area (Å²) in [4.78, 5) is 3.46. The smallest absolute Gasteiger partial charge is 0.0541 e. The van der Waals surface area contributed by atoms with Gasteiger partial charge in [-0.1, -0.05) is 157 Å².